The van der Waals surface area contributed by atoms with Gasteiger partial charge in [-0.1, -0.05) is 25.1 Å². The van der Waals surface area contributed by atoms with Crippen LogP contribution in [0.1, 0.15) is 35.8 Å². The van der Waals surface area contributed by atoms with Crippen LogP contribution < -0.4 is 0 Å². The molecule has 1 atom stereocenters. The fraction of sp³-hybridized carbons (Fsp3) is 0.500. The van der Waals surface area contributed by atoms with Gasteiger partial charge in [0, 0.05) is 35.8 Å². The Labute approximate surface area is 126 Å². The van der Waals surface area contributed by atoms with Gasteiger partial charge in [0.1, 0.15) is 0 Å². The largest absolute Gasteiger partial charge is 0.347 e. The summed E-state index contributed by atoms with van der Waals surface area (Å²) < 4.78 is 2.13. The van der Waals surface area contributed by atoms with Crippen molar-refractivity contribution in [3.8, 4) is 0 Å². The summed E-state index contributed by atoms with van der Waals surface area (Å²) in [5.74, 6) is 0.971. The molecule has 1 aliphatic heterocycles. The minimum atomic E-state index is 0.262. The smallest absolute Gasteiger partial charge is 0.179 e. The molecule has 1 aromatic heterocycles. The van der Waals surface area contributed by atoms with Gasteiger partial charge in [-0.05, 0) is 38.3 Å². The molecule has 3 rings (SSSR count). The highest BCUT2D eigenvalue weighted by molar-refractivity contribution is 6.10. The van der Waals surface area contributed by atoms with E-state index in [0.717, 1.165) is 35.2 Å². The van der Waals surface area contributed by atoms with E-state index in [4.69, 9.17) is 0 Å². The van der Waals surface area contributed by atoms with Crippen molar-refractivity contribution in [2.45, 2.75) is 26.7 Å². The monoisotopic (exact) mass is 284 g/mol. The van der Waals surface area contributed by atoms with E-state index >= 15 is 0 Å². The predicted molar refractivity (Wildman–Crippen MR) is 86.8 cm³/mol. The lowest BCUT2D eigenvalue weighted by molar-refractivity contribution is 0.0894. The molecule has 0 aliphatic carbocycles. The van der Waals surface area contributed by atoms with E-state index in [9.17, 15) is 4.79 Å². The number of aryl methyl sites for hydroxylation is 1. The van der Waals surface area contributed by atoms with Crippen LogP contribution in [0.2, 0.25) is 0 Å². The summed E-state index contributed by atoms with van der Waals surface area (Å²) in [5, 5.41) is 1.09. The van der Waals surface area contributed by atoms with Gasteiger partial charge in [0.05, 0.1) is 6.54 Å². The average molecular weight is 284 g/mol. The van der Waals surface area contributed by atoms with Crippen LogP contribution in [0.4, 0.5) is 0 Å². The maximum Gasteiger partial charge on any atom is 0.179 e. The molecule has 1 fully saturated rings. The zero-order chi connectivity index (χ0) is 15.0. The second-order valence-electron chi connectivity index (χ2n) is 6.44. The Balaban J connectivity index is 1.89. The molecule has 2 aromatic rings. The van der Waals surface area contributed by atoms with Crippen LogP contribution in [0.5, 0.6) is 0 Å². The summed E-state index contributed by atoms with van der Waals surface area (Å²) in [5.41, 5.74) is 3.13. The number of ketones is 1. The number of rotatable bonds is 3. The minimum absolute atomic E-state index is 0.262. The van der Waals surface area contributed by atoms with E-state index in [-0.39, 0.29) is 5.78 Å². The topological polar surface area (TPSA) is 25.2 Å². The van der Waals surface area contributed by atoms with Gasteiger partial charge >= 0.3 is 0 Å². The summed E-state index contributed by atoms with van der Waals surface area (Å²) in [6, 6.07) is 8.19. The lowest BCUT2D eigenvalue weighted by atomic mass is 9.99. The highest BCUT2D eigenvalue weighted by Crippen LogP contribution is 2.26. The van der Waals surface area contributed by atoms with E-state index in [2.05, 4.69) is 28.5 Å². The summed E-state index contributed by atoms with van der Waals surface area (Å²) in [6.07, 6.45) is 2.50. The number of benzene rings is 1. The Morgan fingerprint density at radius 2 is 2.10 bits per heavy atom. The highest BCUT2D eigenvalue weighted by atomic mass is 16.1. The number of carbonyl (C=O) groups excluding carboxylic acids is 1. The van der Waals surface area contributed by atoms with Crippen LogP contribution >= 0.6 is 0 Å². The Morgan fingerprint density at radius 1 is 1.33 bits per heavy atom. The molecule has 0 radical (unpaired) electrons. The van der Waals surface area contributed by atoms with E-state index in [0.29, 0.717) is 12.5 Å². The molecule has 0 amide bonds. The summed E-state index contributed by atoms with van der Waals surface area (Å²) in [7, 11) is 2.04. The molecule has 112 valence electrons. The van der Waals surface area contributed by atoms with Crippen molar-refractivity contribution in [1.29, 1.82) is 0 Å². The third-order valence-corrected chi connectivity index (χ3v) is 4.79. The second kappa shape index (κ2) is 5.64. The third kappa shape index (κ3) is 2.62. The predicted octanol–water partition coefficient (Wildman–Crippen LogP) is 3.40. The Morgan fingerprint density at radius 3 is 2.86 bits per heavy atom. The number of fused-ring (bicyclic) bond motifs is 1. The Kier molecular flexibility index (Phi) is 3.85. The van der Waals surface area contributed by atoms with Crippen molar-refractivity contribution in [3.05, 3.63) is 35.5 Å². The molecule has 1 saturated heterocycles. The van der Waals surface area contributed by atoms with Gasteiger partial charge in [-0.2, -0.15) is 0 Å². The maximum absolute atomic E-state index is 12.8. The number of carbonyl (C=O) groups is 1. The first-order valence-electron chi connectivity index (χ1n) is 7.87. The molecule has 3 heteroatoms. The van der Waals surface area contributed by atoms with Crippen LogP contribution in [-0.2, 0) is 7.05 Å². The number of Topliss-reactive ketones (excluding diaryl/α,β-unsaturated/α-hetero) is 1. The summed E-state index contributed by atoms with van der Waals surface area (Å²) in [4.78, 5) is 15.1. The molecule has 0 N–H and O–H groups in total. The van der Waals surface area contributed by atoms with Crippen molar-refractivity contribution in [2.24, 2.45) is 13.0 Å². The van der Waals surface area contributed by atoms with Gasteiger partial charge in [0.2, 0.25) is 0 Å². The van der Waals surface area contributed by atoms with Crippen molar-refractivity contribution >= 4 is 16.7 Å². The first-order chi connectivity index (χ1) is 10.1. The average Bonchev–Trinajstić information content (AvgIpc) is 2.71. The number of nitrogens with zero attached hydrogens (tertiary/aromatic N) is 2. The van der Waals surface area contributed by atoms with E-state index in [1.54, 1.807) is 0 Å². The molecule has 3 nitrogen and oxygen atoms in total. The van der Waals surface area contributed by atoms with E-state index in [1.807, 2.05) is 26.1 Å². The number of aromatic nitrogens is 1. The Hall–Kier alpha value is -1.61. The van der Waals surface area contributed by atoms with E-state index < -0.39 is 0 Å². The number of piperidine rings is 1. The highest BCUT2D eigenvalue weighted by Gasteiger charge is 2.23. The fourth-order valence-corrected chi connectivity index (χ4v) is 3.59. The molecule has 21 heavy (non-hydrogen) atoms. The Bertz CT molecular complexity index is 671. The van der Waals surface area contributed by atoms with Crippen LogP contribution in [0.3, 0.4) is 0 Å². The van der Waals surface area contributed by atoms with Gasteiger partial charge < -0.3 is 4.57 Å². The fourth-order valence-electron chi connectivity index (χ4n) is 3.59. The van der Waals surface area contributed by atoms with Gasteiger partial charge in [0.15, 0.2) is 5.78 Å². The quantitative estimate of drug-likeness (QED) is 0.807. The molecule has 1 aromatic carbocycles. The number of para-hydroxylation sites is 1. The normalized spacial score (nSPS) is 20.0. The molecule has 1 aliphatic rings. The maximum atomic E-state index is 12.8. The minimum Gasteiger partial charge on any atom is -0.347 e. The zero-order valence-corrected chi connectivity index (χ0v) is 13.2. The van der Waals surface area contributed by atoms with Crippen LogP contribution in [0.25, 0.3) is 10.9 Å². The first kappa shape index (κ1) is 14.3. The van der Waals surface area contributed by atoms with Crippen molar-refractivity contribution in [3.63, 3.8) is 0 Å². The van der Waals surface area contributed by atoms with Crippen LogP contribution in [0, 0.1) is 12.8 Å². The number of likely N-dealkylation sites (tertiary alicyclic amines) is 1. The molecular weight excluding hydrogens is 260 g/mol. The van der Waals surface area contributed by atoms with Gasteiger partial charge in [-0.3, -0.25) is 9.69 Å². The molecule has 0 unspecified atom stereocenters. The van der Waals surface area contributed by atoms with Crippen molar-refractivity contribution in [1.82, 2.24) is 9.47 Å². The number of hydrogen-bond acceptors (Lipinski definition) is 2. The lowest BCUT2D eigenvalue weighted by Gasteiger charge is -2.30. The molecule has 0 saturated carbocycles. The summed E-state index contributed by atoms with van der Waals surface area (Å²) >= 11 is 0. The number of hydrogen-bond donors (Lipinski definition) is 0. The van der Waals surface area contributed by atoms with Gasteiger partial charge in [-0.15, -0.1) is 0 Å². The lowest BCUT2D eigenvalue weighted by Crippen LogP contribution is -2.38. The molecule has 0 spiro atoms. The second-order valence-corrected chi connectivity index (χ2v) is 6.44. The summed E-state index contributed by atoms with van der Waals surface area (Å²) in [6.45, 7) is 6.99. The first-order valence-corrected chi connectivity index (χ1v) is 7.87. The van der Waals surface area contributed by atoms with Crippen molar-refractivity contribution < 1.29 is 4.79 Å². The van der Waals surface area contributed by atoms with Crippen LogP contribution in [-0.4, -0.2) is 34.9 Å². The van der Waals surface area contributed by atoms with E-state index in [1.165, 1.54) is 12.8 Å². The third-order valence-electron chi connectivity index (χ3n) is 4.79. The standard InChI is InChI=1S/C18H24N2O/c1-13-7-6-10-20(11-13)12-17(21)18-14(2)19(3)16-9-5-4-8-15(16)18/h4-5,8-9,13H,6-7,10-12H2,1-3H3/t13-/m0/s1. The molecular formula is C18H24N2O. The zero-order valence-electron chi connectivity index (χ0n) is 13.2. The SMILES string of the molecule is Cc1c(C(=O)CN2CCC[C@H](C)C2)c2ccccc2n1C. The molecule has 0 bridgehead atoms. The van der Waals surface area contributed by atoms with Crippen molar-refractivity contribution in [2.75, 3.05) is 19.6 Å². The van der Waals surface area contributed by atoms with Crippen LogP contribution in [0.15, 0.2) is 24.3 Å². The van der Waals surface area contributed by atoms with Gasteiger partial charge in [-0.25, -0.2) is 0 Å². The molecule has 2 heterocycles. The van der Waals surface area contributed by atoms with Gasteiger partial charge in [0.25, 0.3) is 0 Å².